The van der Waals surface area contributed by atoms with Crippen LogP contribution in [0, 0.1) is 28.6 Å². The van der Waals surface area contributed by atoms with Crippen LogP contribution in [0.25, 0.3) is 0 Å². The molecule has 0 radical (unpaired) electrons. The topological polar surface area (TPSA) is 107 Å². The van der Waals surface area contributed by atoms with E-state index in [0.717, 1.165) is 5.57 Å². The lowest BCUT2D eigenvalue weighted by molar-refractivity contribution is -0.203. The molecule has 0 aliphatic heterocycles. The van der Waals surface area contributed by atoms with Crippen molar-refractivity contribution in [3.05, 3.63) is 23.8 Å². The molecule has 198 valence electrons. The van der Waals surface area contributed by atoms with Gasteiger partial charge in [-0.25, -0.2) is 0 Å². The number of aliphatic hydroxyl groups excluding tert-OH is 1. The Hall–Kier alpha value is -1.99. The highest BCUT2D eigenvalue weighted by molar-refractivity contribution is 6.26. The van der Waals surface area contributed by atoms with E-state index in [9.17, 15) is 24.3 Å². The van der Waals surface area contributed by atoms with E-state index >= 15 is 0 Å². The number of fused-ring (bicyclic) bond motifs is 5. The Morgan fingerprint density at radius 3 is 2.44 bits per heavy atom. The number of ketones is 2. The molecule has 4 aliphatic carbocycles. The summed E-state index contributed by atoms with van der Waals surface area (Å²) in [5.74, 6) is -2.24. The number of carbonyl (C=O) groups is 4. The standard InChI is InChI=1S/C28H37ClO7/c1-6-23(33)35-15-22(32)28(36-24(34)7-2)16(3)12-20-19-9-8-17-13-18(30)10-11-25(17,4)27(19,29)21(31)14-26(20,28)5/h10-11,13,16,19-21,31H,6-9,12,14-15H2,1-5H3/t16-,19-,20-,21-,25?,26-,27-,28-/m0/s1. The van der Waals surface area contributed by atoms with Gasteiger partial charge in [0.2, 0.25) is 5.78 Å². The van der Waals surface area contributed by atoms with E-state index < -0.39 is 51.7 Å². The summed E-state index contributed by atoms with van der Waals surface area (Å²) in [6.45, 7) is 8.61. The number of alkyl halides is 1. The van der Waals surface area contributed by atoms with Crippen LogP contribution in [0.3, 0.4) is 0 Å². The van der Waals surface area contributed by atoms with Gasteiger partial charge in [0.25, 0.3) is 0 Å². The summed E-state index contributed by atoms with van der Waals surface area (Å²) in [7, 11) is 0. The molecule has 3 saturated carbocycles. The highest BCUT2D eigenvalue weighted by Gasteiger charge is 2.76. The summed E-state index contributed by atoms with van der Waals surface area (Å²) in [6, 6.07) is 0. The van der Waals surface area contributed by atoms with Crippen molar-refractivity contribution in [2.24, 2.45) is 28.6 Å². The molecule has 0 amide bonds. The molecule has 0 bridgehead atoms. The third kappa shape index (κ3) is 3.48. The Morgan fingerprint density at radius 2 is 1.81 bits per heavy atom. The smallest absolute Gasteiger partial charge is 0.306 e. The predicted molar refractivity (Wildman–Crippen MR) is 133 cm³/mol. The minimum Gasteiger partial charge on any atom is -0.457 e. The van der Waals surface area contributed by atoms with Crippen LogP contribution in [0.5, 0.6) is 0 Å². The fraction of sp³-hybridized carbons (Fsp3) is 0.714. The number of ether oxygens (including phenoxy) is 2. The first-order valence-electron chi connectivity index (χ1n) is 13.0. The number of halogens is 1. The third-order valence-corrected chi connectivity index (χ3v) is 10.7. The normalized spacial score (nSPS) is 43.1. The van der Waals surface area contributed by atoms with Crippen LogP contribution in [0.1, 0.15) is 73.1 Å². The molecule has 1 unspecified atom stereocenters. The number of hydrogen-bond donors (Lipinski definition) is 1. The van der Waals surface area contributed by atoms with E-state index in [0.29, 0.717) is 19.3 Å². The largest absolute Gasteiger partial charge is 0.457 e. The summed E-state index contributed by atoms with van der Waals surface area (Å²) in [5, 5.41) is 11.8. The van der Waals surface area contributed by atoms with Gasteiger partial charge in [0, 0.05) is 29.6 Å². The van der Waals surface area contributed by atoms with Crippen LogP contribution in [-0.4, -0.2) is 51.8 Å². The highest BCUT2D eigenvalue weighted by Crippen LogP contribution is 2.72. The average molecular weight is 521 g/mol. The van der Waals surface area contributed by atoms with E-state index in [1.54, 1.807) is 19.9 Å². The van der Waals surface area contributed by atoms with Gasteiger partial charge in [0.05, 0.1) is 11.0 Å². The molecule has 0 heterocycles. The third-order valence-electron chi connectivity index (χ3n) is 9.81. The lowest BCUT2D eigenvalue weighted by Gasteiger charge is -2.64. The van der Waals surface area contributed by atoms with Crippen LogP contribution >= 0.6 is 11.6 Å². The fourth-order valence-corrected chi connectivity index (χ4v) is 8.53. The van der Waals surface area contributed by atoms with Crippen LogP contribution in [0.2, 0.25) is 0 Å². The Bertz CT molecular complexity index is 1050. The quantitative estimate of drug-likeness (QED) is 0.415. The van der Waals surface area contributed by atoms with Crippen molar-refractivity contribution in [1.82, 2.24) is 0 Å². The number of esters is 2. The van der Waals surface area contributed by atoms with Gasteiger partial charge >= 0.3 is 11.9 Å². The van der Waals surface area contributed by atoms with Gasteiger partial charge in [-0.05, 0) is 49.7 Å². The molecule has 4 aliphatic rings. The summed E-state index contributed by atoms with van der Waals surface area (Å²) >= 11 is 7.48. The summed E-state index contributed by atoms with van der Waals surface area (Å²) in [4.78, 5) is 49.5. The monoisotopic (exact) mass is 520 g/mol. The summed E-state index contributed by atoms with van der Waals surface area (Å²) < 4.78 is 11.3. The van der Waals surface area contributed by atoms with Crippen LogP contribution in [0.4, 0.5) is 0 Å². The molecule has 0 aromatic heterocycles. The average Bonchev–Trinajstić information content (AvgIpc) is 3.05. The minimum atomic E-state index is -1.55. The maximum Gasteiger partial charge on any atom is 0.306 e. The Morgan fingerprint density at radius 1 is 1.14 bits per heavy atom. The Kier molecular flexibility index (Phi) is 6.83. The number of aliphatic hydroxyl groups is 1. The van der Waals surface area contributed by atoms with E-state index in [1.165, 1.54) is 6.08 Å². The molecule has 1 N–H and O–H groups in total. The van der Waals surface area contributed by atoms with Gasteiger partial charge in [-0.15, -0.1) is 11.6 Å². The van der Waals surface area contributed by atoms with E-state index in [2.05, 4.69) is 0 Å². The van der Waals surface area contributed by atoms with Crippen molar-refractivity contribution in [2.75, 3.05) is 6.61 Å². The molecule has 0 spiro atoms. The van der Waals surface area contributed by atoms with Gasteiger partial charge < -0.3 is 14.6 Å². The molecular weight excluding hydrogens is 484 g/mol. The second-order valence-electron chi connectivity index (χ2n) is 11.4. The maximum atomic E-state index is 13.9. The first-order chi connectivity index (χ1) is 16.8. The number of carbonyl (C=O) groups excluding carboxylic acids is 4. The molecule has 36 heavy (non-hydrogen) atoms. The lowest BCUT2D eigenvalue weighted by atomic mass is 9.45. The predicted octanol–water partition coefficient (Wildman–Crippen LogP) is 4.09. The van der Waals surface area contributed by atoms with Gasteiger partial charge in [0.1, 0.15) is 0 Å². The van der Waals surface area contributed by atoms with Gasteiger partial charge in [-0.3, -0.25) is 19.2 Å². The zero-order valence-electron chi connectivity index (χ0n) is 21.8. The molecule has 0 aromatic carbocycles. The van der Waals surface area contributed by atoms with Crippen molar-refractivity contribution in [3.63, 3.8) is 0 Å². The van der Waals surface area contributed by atoms with Crippen LogP contribution in [-0.2, 0) is 28.7 Å². The SMILES string of the molecule is CCC(=O)OCC(=O)[C@@]1(OC(=O)CC)[C@@H](C)C[C@H]2[C@@H]3CCC4=CC(=O)C=CC4(C)[C@@]3(Cl)[C@@H](O)C[C@@]21C. The molecule has 0 saturated heterocycles. The van der Waals surface area contributed by atoms with Crippen LogP contribution in [0.15, 0.2) is 23.8 Å². The van der Waals surface area contributed by atoms with Gasteiger partial charge in [-0.1, -0.05) is 46.3 Å². The molecular formula is C28H37ClO7. The molecule has 8 atom stereocenters. The number of allylic oxidation sites excluding steroid dienone is 4. The number of hydrogen-bond acceptors (Lipinski definition) is 7. The highest BCUT2D eigenvalue weighted by atomic mass is 35.5. The van der Waals surface area contributed by atoms with Crippen molar-refractivity contribution in [1.29, 1.82) is 0 Å². The number of Topliss-reactive ketones (excluding diaryl/α,β-unsaturated/α-hetero) is 1. The van der Waals surface area contributed by atoms with Gasteiger partial charge in [-0.2, -0.15) is 0 Å². The molecule has 8 heteroatoms. The van der Waals surface area contributed by atoms with E-state index in [4.69, 9.17) is 21.1 Å². The first-order valence-corrected chi connectivity index (χ1v) is 13.4. The first kappa shape index (κ1) is 27.1. The maximum absolute atomic E-state index is 13.9. The van der Waals surface area contributed by atoms with Gasteiger partial charge in [0.15, 0.2) is 18.0 Å². The molecule has 3 fully saturated rings. The zero-order valence-corrected chi connectivity index (χ0v) is 22.5. The second-order valence-corrected chi connectivity index (χ2v) is 12.0. The second kappa shape index (κ2) is 9.09. The Labute approximate surface area is 217 Å². The Balaban J connectivity index is 1.80. The summed E-state index contributed by atoms with van der Waals surface area (Å²) in [6.07, 6.45) is 6.18. The van der Waals surface area contributed by atoms with Crippen LogP contribution < -0.4 is 0 Å². The van der Waals surface area contributed by atoms with Crippen molar-refractivity contribution in [3.8, 4) is 0 Å². The minimum absolute atomic E-state index is 0.0801. The molecule has 0 aromatic rings. The molecule has 7 nitrogen and oxygen atoms in total. The summed E-state index contributed by atoms with van der Waals surface area (Å²) in [5.41, 5.74) is -2.27. The van der Waals surface area contributed by atoms with Crippen molar-refractivity contribution < 1.29 is 33.8 Å². The zero-order chi connectivity index (χ0) is 26.7. The molecule has 4 rings (SSSR count). The lowest BCUT2D eigenvalue weighted by Crippen LogP contribution is -2.69. The van der Waals surface area contributed by atoms with E-state index in [1.807, 2.05) is 26.8 Å². The van der Waals surface area contributed by atoms with Crippen molar-refractivity contribution >= 4 is 35.1 Å². The van der Waals surface area contributed by atoms with Crippen molar-refractivity contribution in [2.45, 2.75) is 89.7 Å². The fourth-order valence-electron chi connectivity index (χ4n) is 8.01. The number of rotatable bonds is 6. The van der Waals surface area contributed by atoms with E-state index in [-0.39, 0.29) is 42.8 Å².